The van der Waals surface area contributed by atoms with Gasteiger partial charge in [-0.1, -0.05) is 0 Å². The molecular weight excluding hydrogens is 174 g/mol. The highest BCUT2D eigenvalue weighted by atomic mass is 16.8. The average Bonchev–Trinajstić information content (AvgIpc) is 2.92. The lowest BCUT2D eigenvalue weighted by Gasteiger charge is -2.13. The molecule has 5 heteroatoms. The van der Waals surface area contributed by atoms with Gasteiger partial charge in [-0.3, -0.25) is 0 Å². The van der Waals surface area contributed by atoms with E-state index in [0.29, 0.717) is 19.4 Å². The molecule has 0 aromatic rings. The third-order valence-electron chi connectivity index (χ3n) is 1.83. The van der Waals surface area contributed by atoms with E-state index in [2.05, 4.69) is 0 Å². The Bertz CT molecular complexity index is 197. The molecule has 2 unspecified atom stereocenters. The molecule has 0 radical (unpaired) electrons. The van der Waals surface area contributed by atoms with Crippen molar-refractivity contribution in [3.05, 3.63) is 0 Å². The minimum atomic E-state index is -0.872. The summed E-state index contributed by atoms with van der Waals surface area (Å²) in [5.41, 5.74) is 0. The van der Waals surface area contributed by atoms with Crippen LogP contribution in [0.5, 0.6) is 0 Å². The normalized spacial score (nSPS) is 28.1. The van der Waals surface area contributed by atoms with Crippen LogP contribution in [0.2, 0.25) is 0 Å². The second-order valence-corrected chi connectivity index (χ2v) is 3.00. The number of rotatable bonds is 6. The second-order valence-electron chi connectivity index (χ2n) is 3.00. The summed E-state index contributed by atoms with van der Waals surface area (Å²) in [4.78, 5) is 0. The van der Waals surface area contributed by atoms with Crippen LogP contribution < -0.4 is 0 Å². The van der Waals surface area contributed by atoms with Gasteiger partial charge in [0.25, 0.3) is 0 Å². The van der Waals surface area contributed by atoms with E-state index < -0.39 is 11.9 Å². The van der Waals surface area contributed by atoms with Crippen molar-refractivity contribution < 1.29 is 19.7 Å². The van der Waals surface area contributed by atoms with Gasteiger partial charge in [-0.2, -0.15) is 5.26 Å². The molecule has 2 N–H and O–H groups in total. The molecule has 0 bridgehead atoms. The Morgan fingerprint density at radius 2 is 2.38 bits per heavy atom. The summed E-state index contributed by atoms with van der Waals surface area (Å²) < 4.78 is 10.2. The monoisotopic (exact) mass is 187 g/mol. The fraction of sp³-hybridized carbons (Fsp3) is 0.875. The second kappa shape index (κ2) is 4.53. The Morgan fingerprint density at radius 3 is 2.85 bits per heavy atom. The number of nitriles is 1. The van der Waals surface area contributed by atoms with Gasteiger partial charge in [-0.05, 0) is 0 Å². The van der Waals surface area contributed by atoms with Crippen LogP contribution in [0.15, 0.2) is 0 Å². The van der Waals surface area contributed by atoms with Crippen molar-refractivity contribution in [3.8, 4) is 6.07 Å². The standard InChI is InChI=1S/C8H13NO4/c9-3-1-2-8(6-13-8)12-5-7(11)4-10/h7,10-11H,1-2,4-6H2. The summed E-state index contributed by atoms with van der Waals surface area (Å²) in [7, 11) is 0. The maximum Gasteiger partial charge on any atom is 0.193 e. The number of epoxide rings is 1. The number of aliphatic hydroxyl groups excluding tert-OH is 2. The minimum Gasteiger partial charge on any atom is -0.394 e. The summed E-state index contributed by atoms with van der Waals surface area (Å²) in [6, 6.07) is 1.99. The van der Waals surface area contributed by atoms with Crippen molar-refractivity contribution in [3.63, 3.8) is 0 Å². The fourth-order valence-electron chi connectivity index (χ4n) is 0.927. The zero-order valence-electron chi connectivity index (χ0n) is 7.27. The maximum atomic E-state index is 8.98. The van der Waals surface area contributed by atoms with Crippen LogP contribution in [0, 0.1) is 11.3 Å². The lowest BCUT2D eigenvalue weighted by atomic mass is 10.2. The summed E-state index contributed by atoms with van der Waals surface area (Å²) in [5.74, 6) is -0.661. The first-order valence-corrected chi connectivity index (χ1v) is 4.16. The Balaban J connectivity index is 2.16. The molecule has 74 valence electrons. The Morgan fingerprint density at radius 1 is 1.69 bits per heavy atom. The molecule has 1 aliphatic rings. The lowest BCUT2D eigenvalue weighted by Crippen LogP contribution is -2.26. The SMILES string of the molecule is N#CCCC1(OCC(O)CO)CO1. The molecule has 0 aliphatic carbocycles. The molecule has 1 aliphatic heterocycles. The van der Waals surface area contributed by atoms with Gasteiger partial charge in [0.1, 0.15) is 12.7 Å². The van der Waals surface area contributed by atoms with Gasteiger partial charge in [0.15, 0.2) is 5.79 Å². The third-order valence-corrected chi connectivity index (χ3v) is 1.83. The molecule has 5 nitrogen and oxygen atoms in total. The Hall–Kier alpha value is -0.670. The van der Waals surface area contributed by atoms with Crippen molar-refractivity contribution in [1.82, 2.24) is 0 Å². The van der Waals surface area contributed by atoms with Crippen LogP contribution in [0.3, 0.4) is 0 Å². The average molecular weight is 187 g/mol. The first kappa shape index (κ1) is 10.4. The first-order chi connectivity index (χ1) is 6.22. The van der Waals surface area contributed by atoms with E-state index in [1.54, 1.807) is 0 Å². The van der Waals surface area contributed by atoms with Crippen LogP contribution in [-0.2, 0) is 9.47 Å². The maximum absolute atomic E-state index is 8.98. The molecule has 0 saturated carbocycles. The zero-order chi connectivity index (χ0) is 9.73. The van der Waals surface area contributed by atoms with Gasteiger partial charge in [0, 0.05) is 12.8 Å². The number of ether oxygens (including phenoxy) is 2. The summed E-state index contributed by atoms with van der Waals surface area (Å²) >= 11 is 0. The van der Waals surface area contributed by atoms with Crippen molar-refractivity contribution in [2.75, 3.05) is 19.8 Å². The lowest BCUT2D eigenvalue weighted by molar-refractivity contribution is -0.0887. The van der Waals surface area contributed by atoms with Crippen LogP contribution in [0.25, 0.3) is 0 Å². The van der Waals surface area contributed by atoms with E-state index >= 15 is 0 Å². The van der Waals surface area contributed by atoms with Crippen molar-refractivity contribution >= 4 is 0 Å². The molecule has 0 amide bonds. The summed E-state index contributed by atoms with van der Waals surface area (Å²) in [5, 5.41) is 25.8. The molecule has 0 aromatic carbocycles. The highest BCUT2D eigenvalue weighted by Gasteiger charge is 2.45. The van der Waals surface area contributed by atoms with E-state index in [-0.39, 0.29) is 13.2 Å². The fourth-order valence-corrected chi connectivity index (χ4v) is 0.927. The topological polar surface area (TPSA) is 86.0 Å². The molecule has 0 aromatic heterocycles. The molecule has 1 saturated heterocycles. The minimum absolute atomic E-state index is 0.0436. The highest BCUT2D eigenvalue weighted by molar-refractivity contribution is 4.86. The van der Waals surface area contributed by atoms with Gasteiger partial charge < -0.3 is 19.7 Å². The van der Waals surface area contributed by atoms with Gasteiger partial charge in [-0.15, -0.1) is 0 Å². The number of nitrogens with zero attached hydrogens (tertiary/aromatic N) is 1. The molecule has 13 heavy (non-hydrogen) atoms. The summed E-state index contributed by atoms with van der Waals surface area (Å²) in [6.45, 7) is 0.184. The van der Waals surface area contributed by atoms with Crippen LogP contribution in [0.4, 0.5) is 0 Å². The van der Waals surface area contributed by atoms with Gasteiger partial charge in [0.2, 0.25) is 0 Å². The Labute approximate surface area is 76.5 Å². The van der Waals surface area contributed by atoms with Gasteiger partial charge in [0.05, 0.1) is 19.3 Å². The highest BCUT2D eigenvalue weighted by Crippen LogP contribution is 2.33. The molecule has 1 rings (SSSR count). The predicted molar refractivity (Wildman–Crippen MR) is 42.6 cm³/mol. The van der Waals surface area contributed by atoms with E-state index in [4.69, 9.17) is 24.9 Å². The van der Waals surface area contributed by atoms with Gasteiger partial charge >= 0.3 is 0 Å². The predicted octanol–water partition coefficient (Wildman–Crippen LogP) is -0.614. The van der Waals surface area contributed by atoms with Crippen LogP contribution in [-0.4, -0.2) is 41.9 Å². The van der Waals surface area contributed by atoms with Crippen LogP contribution in [0.1, 0.15) is 12.8 Å². The largest absolute Gasteiger partial charge is 0.394 e. The van der Waals surface area contributed by atoms with Crippen molar-refractivity contribution in [2.24, 2.45) is 0 Å². The van der Waals surface area contributed by atoms with Crippen molar-refractivity contribution in [2.45, 2.75) is 24.7 Å². The van der Waals surface area contributed by atoms with Crippen molar-refractivity contribution in [1.29, 1.82) is 5.26 Å². The third kappa shape index (κ3) is 3.28. The number of hydrogen-bond acceptors (Lipinski definition) is 5. The number of hydrogen-bond donors (Lipinski definition) is 2. The van der Waals surface area contributed by atoms with E-state index in [9.17, 15) is 0 Å². The summed E-state index contributed by atoms with van der Waals surface area (Å²) in [6.07, 6.45) is 0.0137. The first-order valence-electron chi connectivity index (χ1n) is 4.16. The smallest absolute Gasteiger partial charge is 0.193 e. The van der Waals surface area contributed by atoms with E-state index in [0.717, 1.165) is 0 Å². The zero-order valence-corrected chi connectivity index (χ0v) is 7.27. The van der Waals surface area contributed by atoms with E-state index in [1.165, 1.54) is 0 Å². The molecular formula is C8H13NO4. The molecule has 1 fully saturated rings. The Kier molecular flexibility index (Phi) is 3.63. The molecule has 1 heterocycles. The van der Waals surface area contributed by atoms with Gasteiger partial charge in [-0.25, -0.2) is 0 Å². The van der Waals surface area contributed by atoms with E-state index in [1.807, 2.05) is 6.07 Å². The number of aliphatic hydroxyl groups is 2. The molecule has 2 atom stereocenters. The molecule has 0 spiro atoms. The quantitative estimate of drug-likeness (QED) is 0.541. The van der Waals surface area contributed by atoms with Crippen LogP contribution >= 0.6 is 0 Å².